The molecule has 3 heterocycles. The lowest BCUT2D eigenvalue weighted by atomic mass is 10.0. The van der Waals surface area contributed by atoms with Gasteiger partial charge in [-0.1, -0.05) is 30.3 Å². The van der Waals surface area contributed by atoms with Crippen molar-refractivity contribution in [3.63, 3.8) is 0 Å². The first-order valence-electron chi connectivity index (χ1n) is 13.0. The third-order valence-electron chi connectivity index (χ3n) is 7.87. The third-order valence-corrected chi connectivity index (χ3v) is 7.87. The van der Waals surface area contributed by atoms with E-state index in [9.17, 15) is 10.1 Å². The lowest BCUT2D eigenvalue weighted by Crippen LogP contribution is -2.30. The van der Waals surface area contributed by atoms with Gasteiger partial charge in [0.1, 0.15) is 5.82 Å². The Hall–Kier alpha value is -4.37. The van der Waals surface area contributed by atoms with E-state index in [1.165, 1.54) is 10.9 Å². The summed E-state index contributed by atoms with van der Waals surface area (Å²) in [6.45, 7) is 2.46. The van der Waals surface area contributed by atoms with Gasteiger partial charge < -0.3 is 14.5 Å². The first kappa shape index (κ1) is 21.9. The number of rotatable bonds is 5. The molecule has 0 unspecified atom stereocenters. The van der Waals surface area contributed by atoms with Crippen molar-refractivity contribution >= 4 is 27.8 Å². The van der Waals surface area contributed by atoms with Gasteiger partial charge in [0.25, 0.3) is 0 Å². The number of H-pyrrole nitrogens is 1. The van der Waals surface area contributed by atoms with Gasteiger partial charge in [0, 0.05) is 42.8 Å². The number of fused-ring (bicyclic) bond motifs is 2. The predicted octanol–water partition coefficient (Wildman–Crippen LogP) is 5.98. The Labute approximate surface area is 215 Å². The molecule has 1 saturated carbocycles. The van der Waals surface area contributed by atoms with Crippen molar-refractivity contribution in [3.8, 4) is 28.6 Å². The zero-order valence-electron chi connectivity index (χ0n) is 20.5. The summed E-state index contributed by atoms with van der Waals surface area (Å²) in [5.74, 6) is 1.90. The van der Waals surface area contributed by atoms with Gasteiger partial charge in [0.2, 0.25) is 5.91 Å². The van der Waals surface area contributed by atoms with Crippen LogP contribution in [0.3, 0.4) is 0 Å². The van der Waals surface area contributed by atoms with Gasteiger partial charge in [-0.2, -0.15) is 5.26 Å². The second-order valence-corrected chi connectivity index (χ2v) is 10.4. The Bertz CT molecular complexity index is 1680. The molecule has 0 radical (unpaired) electrons. The number of hydrogen-bond acceptors (Lipinski definition) is 3. The first-order valence-corrected chi connectivity index (χ1v) is 13.0. The molecule has 3 aromatic carbocycles. The zero-order valence-corrected chi connectivity index (χ0v) is 20.5. The van der Waals surface area contributed by atoms with Crippen LogP contribution < -0.4 is 0 Å². The van der Waals surface area contributed by atoms with Crippen molar-refractivity contribution in [2.75, 3.05) is 13.1 Å². The molecule has 5 aromatic rings. The van der Waals surface area contributed by atoms with E-state index >= 15 is 0 Å². The summed E-state index contributed by atoms with van der Waals surface area (Å²) in [4.78, 5) is 22.9. The summed E-state index contributed by atoms with van der Waals surface area (Å²) in [6.07, 6.45) is 5.07. The number of nitrogens with one attached hydrogen (secondary N) is 1. The van der Waals surface area contributed by atoms with Crippen LogP contribution in [0.15, 0.2) is 72.9 Å². The highest BCUT2D eigenvalue weighted by Crippen LogP contribution is 2.34. The van der Waals surface area contributed by atoms with Gasteiger partial charge in [-0.05, 0) is 78.1 Å². The fourth-order valence-corrected chi connectivity index (χ4v) is 5.68. The minimum atomic E-state index is 0.268. The number of aromatic nitrogens is 3. The van der Waals surface area contributed by atoms with E-state index in [4.69, 9.17) is 4.98 Å². The summed E-state index contributed by atoms with van der Waals surface area (Å²) in [7, 11) is 0. The van der Waals surface area contributed by atoms with Crippen LogP contribution >= 0.6 is 0 Å². The van der Waals surface area contributed by atoms with E-state index in [0.29, 0.717) is 17.4 Å². The second kappa shape index (κ2) is 8.63. The normalized spacial score (nSPS) is 17.5. The number of hydrogen-bond donors (Lipinski definition) is 1. The molecule has 37 heavy (non-hydrogen) atoms. The van der Waals surface area contributed by atoms with E-state index in [-0.39, 0.29) is 5.92 Å². The molecule has 0 spiro atoms. The highest BCUT2D eigenvalue weighted by molar-refractivity contribution is 5.86. The van der Waals surface area contributed by atoms with Crippen molar-refractivity contribution in [2.45, 2.75) is 25.8 Å². The topological polar surface area (TPSA) is 77.7 Å². The maximum atomic E-state index is 12.6. The smallest absolute Gasteiger partial charge is 0.225 e. The van der Waals surface area contributed by atoms with Crippen LogP contribution in [0.5, 0.6) is 0 Å². The standard InChI is InChI=1S/C31H27N5O/c32-17-20-1-10-29-28(15-20)34-30(36(29)19-21-12-14-35(18-21)31(37)24-6-7-24)23-4-2-22(3-5-23)25-8-9-27-26(16-25)11-13-33-27/h1-5,8-11,13,15-16,21,24,33H,6-7,12,14,18-19H2/t21-/m1/s1. The Balaban J connectivity index is 1.22. The van der Waals surface area contributed by atoms with E-state index in [0.717, 1.165) is 72.4 Å². The number of amides is 1. The summed E-state index contributed by atoms with van der Waals surface area (Å²) in [5, 5.41) is 10.6. The number of nitriles is 1. The maximum absolute atomic E-state index is 12.6. The Morgan fingerprint density at radius 3 is 2.59 bits per heavy atom. The molecular formula is C31H27N5O. The number of nitrogens with zero attached hydrogens (tertiary/aromatic N) is 4. The molecule has 2 aromatic heterocycles. The SMILES string of the molecule is N#Cc1ccc2c(c1)nc(-c1ccc(-c3ccc4[nH]ccc4c3)cc1)n2C[C@@H]1CCN(C(=O)C2CC2)C1. The fourth-order valence-electron chi connectivity index (χ4n) is 5.68. The van der Waals surface area contributed by atoms with Crippen LogP contribution in [0.4, 0.5) is 0 Å². The zero-order chi connectivity index (χ0) is 24.9. The second-order valence-electron chi connectivity index (χ2n) is 10.4. The van der Waals surface area contributed by atoms with Gasteiger partial charge in [-0.3, -0.25) is 4.79 Å². The maximum Gasteiger partial charge on any atom is 0.225 e. The third kappa shape index (κ3) is 3.97. The van der Waals surface area contributed by atoms with Crippen LogP contribution in [0.1, 0.15) is 24.8 Å². The van der Waals surface area contributed by atoms with Crippen LogP contribution in [-0.2, 0) is 11.3 Å². The molecule has 182 valence electrons. The van der Waals surface area contributed by atoms with Crippen molar-refractivity contribution in [1.82, 2.24) is 19.4 Å². The van der Waals surface area contributed by atoms with E-state index in [2.05, 4.69) is 69.1 Å². The number of likely N-dealkylation sites (tertiary alicyclic amines) is 1. The van der Waals surface area contributed by atoms with Crippen LogP contribution in [-0.4, -0.2) is 38.4 Å². The van der Waals surface area contributed by atoms with Crippen LogP contribution in [0.25, 0.3) is 44.5 Å². The van der Waals surface area contributed by atoms with Crippen LogP contribution in [0.2, 0.25) is 0 Å². The van der Waals surface area contributed by atoms with Crippen molar-refractivity contribution in [1.29, 1.82) is 5.26 Å². The summed E-state index contributed by atoms with van der Waals surface area (Å²) in [6, 6.07) is 25.1. The molecule has 1 amide bonds. The number of carbonyl (C=O) groups is 1. The molecule has 2 aliphatic rings. The highest BCUT2D eigenvalue weighted by Gasteiger charge is 2.36. The average Bonchev–Trinajstić information content (AvgIpc) is 3.33. The van der Waals surface area contributed by atoms with Crippen molar-refractivity contribution in [2.24, 2.45) is 11.8 Å². The summed E-state index contributed by atoms with van der Waals surface area (Å²) >= 11 is 0. The summed E-state index contributed by atoms with van der Waals surface area (Å²) in [5.41, 5.74) is 6.99. The largest absolute Gasteiger partial charge is 0.361 e. The predicted molar refractivity (Wildman–Crippen MR) is 145 cm³/mol. The molecule has 1 N–H and O–H groups in total. The summed E-state index contributed by atoms with van der Waals surface area (Å²) < 4.78 is 2.28. The number of carbonyl (C=O) groups excluding carboxylic acids is 1. The minimum absolute atomic E-state index is 0.268. The molecule has 2 fully saturated rings. The minimum Gasteiger partial charge on any atom is -0.361 e. The number of imidazole rings is 1. The molecule has 1 saturated heterocycles. The molecule has 1 aliphatic carbocycles. The Kier molecular flexibility index (Phi) is 5.10. The van der Waals surface area contributed by atoms with E-state index < -0.39 is 0 Å². The average molecular weight is 486 g/mol. The van der Waals surface area contributed by atoms with Gasteiger partial charge in [0.05, 0.1) is 22.7 Å². The molecule has 6 heteroatoms. The van der Waals surface area contributed by atoms with Gasteiger partial charge in [-0.25, -0.2) is 4.98 Å². The molecule has 1 atom stereocenters. The van der Waals surface area contributed by atoms with Crippen molar-refractivity contribution < 1.29 is 4.79 Å². The fraction of sp³-hybridized carbons (Fsp3) is 0.258. The molecule has 0 bridgehead atoms. The molecule has 7 rings (SSSR count). The van der Waals surface area contributed by atoms with E-state index in [1.807, 2.05) is 24.4 Å². The van der Waals surface area contributed by atoms with E-state index in [1.54, 1.807) is 0 Å². The van der Waals surface area contributed by atoms with Gasteiger partial charge in [-0.15, -0.1) is 0 Å². The lowest BCUT2D eigenvalue weighted by molar-refractivity contribution is -0.131. The molecule has 6 nitrogen and oxygen atoms in total. The Morgan fingerprint density at radius 2 is 1.78 bits per heavy atom. The lowest BCUT2D eigenvalue weighted by Gasteiger charge is -2.18. The quantitative estimate of drug-likeness (QED) is 0.333. The number of aromatic amines is 1. The molecular weight excluding hydrogens is 458 g/mol. The van der Waals surface area contributed by atoms with Gasteiger partial charge in [0.15, 0.2) is 0 Å². The van der Waals surface area contributed by atoms with Crippen LogP contribution in [0, 0.1) is 23.2 Å². The van der Waals surface area contributed by atoms with Gasteiger partial charge >= 0.3 is 0 Å². The van der Waals surface area contributed by atoms with Crippen molar-refractivity contribution in [3.05, 3.63) is 78.5 Å². The molecule has 1 aliphatic heterocycles. The Morgan fingerprint density at radius 1 is 0.973 bits per heavy atom. The highest BCUT2D eigenvalue weighted by atomic mass is 16.2. The first-order chi connectivity index (χ1) is 18.2. The number of benzene rings is 3. The monoisotopic (exact) mass is 485 g/mol.